The lowest BCUT2D eigenvalue weighted by Gasteiger charge is -2.43. The number of hydrogen-bond acceptors (Lipinski definition) is 0. The van der Waals surface area contributed by atoms with Gasteiger partial charge >= 0.3 is 0 Å². The summed E-state index contributed by atoms with van der Waals surface area (Å²) in [4.78, 5) is 0. The topological polar surface area (TPSA) is 0 Å². The summed E-state index contributed by atoms with van der Waals surface area (Å²) in [7, 11) is 0. The van der Waals surface area contributed by atoms with Gasteiger partial charge in [0.1, 0.15) is 11.6 Å². The standard InChI is InChI=1S/C18H20F2/c1-17(2,13-5-9-15(19)10-6-13)18(3,4)14-7-11-16(20)12-8-14/h5-12H,1-4H3. The zero-order chi connectivity index (χ0) is 15.0. The summed E-state index contributed by atoms with van der Waals surface area (Å²) in [5.41, 5.74) is 1.71. The van der Waals surface area contributed by atoms with Gasteiger partial charge in [0.05, 0.1) is 0 Å². The molecule has 0 heterocycles. The van der Waals surface area contributed by atoms with Crippen molar-refractivity contribution in [1.29, 1.82) is 0 Å². The number of hydrogen-bond donors (Lipinski definition) is 0. The van der Waals surface area contributed by atoms with E-state index in [1.54, 1.807) is 0 Å². The summed E-state index contributed by atoms with van der Waals surface area (Å²) in [5.74, 6) is -0.465. The molecular weight excluding hydrogens is 254 g/mol. The highest BCUT2D eigenvalue weighted by molar-refractivity contribution is 5.36. The van der Waals surface area contributed by atoms with Crippen molar-refractivity contribution in [3.63, 3.8) is 0 Å². The van der Waals surface area contributed by atoms with E-state index in [1.807, 2.05) is 24.3 Å². The minimum Gasteiger partial charge on any atom is -0.207 e. The predicted octanol–water partition coefficient (Wildman–Crippen LogP) is 5.22. The van der Waals surface area contributed by atoms with Crippen molar-refractivity contribution in [2.45, 2.75) is 38.5 Å². The SMILES string of the molecule is CC(C)(c1ccc(F)cc1)C(C)(C)c1ccc(F)cc1. The Balaban J connectivity index is 2.45. The Kier molecular flexibility index (Phi) is 3.68. The highest BCUT2D eigenvalue weighted by Gasteiger charge is 2.39. The maximum atomic E-state index is 13.1. The van der Waals surface area contributed by atoms with Gasteiger partial charge in [-0.25, -0.2) is 8.78 Å². The molecule has 0 amide bonds. The fourth-order valence-corrected chi connectivity index (χ4v) is 2.45. The van der Waals surface area contributed by atoms with Crippen molar-refractivity contribution in [2.24, 2.45) is 0 Å². The molecule has 0 atom stereocenters. The molecule has 0 aliphatic carbocycles. The highest BCUT2D eigenvalue weighted by atomic mass is 19.1. The van der Waals surface area contributed by atoms with Crippen LogP contribution in [-0.2, 0) is 10.8 Å². The zero-order valence-electron chi connectivity index (χ0n) is 12.4. The van der Waals surface area contributed by atoms with Gasteiger partial charge in [0.2, 0.25) is 0 Å². The fourth-order valence-electron chi connectivity index (χ4n) is 2.45. The van der Waals surface area contributed by atoms with Gasteiger partial charge in [-0.1, -0.05) is 52.0 Å². The lowest BCUT2D eigenvalue weighted by molar-refractivity contribution is 0.302. The van der Waals surface area contributed by atoms with Crippen molar-refractivity contribution < 1.29 is 8.78 Å². The van der Waals surface area contributed by atoms with E-state index in [0.717, 1.165) is 11.1 Å². The van der Waals surface area contributed by atoms with Crippen LogP contribution in [0.4, 0.5) is 8.78 Å². The monoisotopic (exact) mass is 274 g/mol. The molecule has 0 aliphatic rings. The summed E-state index contributed by atoms with van der Waals surface area (Å²) in [6.45, 7) is 8.51. The van der Waals surface area contributed by atoms with Crippen LogP contribution in [-0.4, -0.2) is 0 Å². The first kappa shape index (κ1) is 14.7. The minimum absolute atomic E-state index is 0.210. The summed E-state index contributed by atoms with van der Waals surface area (Å²) in [6.07, 6.45) is 0. The Labute approximate surface area is 119 Å². The van der Waals surface area contributed by atoms with Gasteiger partial charge in [-0.2, -0.15) is 0 Å². The van der Waals surface area contributed by atoms with Crippen molar-refractivity contribution in [3.8, 4) is 0 Å². The van der Waals surface area contributed by atoms with Crippen molar-refractivity contribution in [1.82, 2.24) is 0 Å². The summed E-state index contributed by atoms with van der Waals surface area (Å²) < 4.78 is 26.2. The Morgan fingerprint density at radius 3 is 1.05 bits per heavy atom. The van der Waals surface area contributed by atoms with E-state index in [9.17, 15) is 8.78 Å². The molecule has 0 aromatic heterocycles. The average Bonchev–Trinajstić information content (AvgIpc) is 2.39. The van der Waals surface area contributed by atoms with Crippen LogP contribution in [0.3, 0.4) is 0 Å². The first-order valence-corrected chi connectivity index (χ1v) is 6.77. The molecule has 0 N–H and O–H groups in total. The molecule has 0 saturated carbocycles. The van der Waals surface area contributed by atoms with E-state index in [0.29, 0.717) is 0 Å². The van der Waals surface area contributed by atoms with E-state index in [-0.39, 0.29) is 22.5 Å². The van der Waals surface area contributed by atoms with E-state index >= 15 is 0 Å². The van der Waals surface area contributed by atoms with Gasteiger partial charge in [0.25, 0.3) is 0 Å². The zero-order valence-corrected chi connectivity index (χ0v) is 12.4. The molecule has 106 valence electrons. The molecule has 2 heteroatoms. The summed E-state index contributed by atoms with van der Waals surface area (Å²) >= 11 is 0. The normalized spacial score (nSPS) is 12.5. The molecule has 2 aromatic rings. The van der Waals surface area contributed by atoms with Crippen molar-refractivity contribution in [2.75, 3.05) is 0 Å². The largest absolute Gasteiger partial charge is 0.207 e. The second-order valence-electron chi connectivity index (χ2n) is 6.26. The summed E-state index contributed by atoms with van der Waals surface area (Å²) in [5, 5.41) is 0. The molecule has 20 heavy (non-hydrogen) atoms. The maximum Gasteiger partial charge on any atom is 0.123 e. The van der Waals surface area contributed by atoms with E-state index < -0.39 is 0 Å². The molecular formula is C18H20F2. The Morgan fingerprint density at radius 2 is 0.800 bits per heavy atom. The third-order valence-corrected chi connectivity index (χ3v) is 4.69. The van der Waals surface area contributed by atoms with Crippen LogP contribution in [0.2, 0.25) is 0 Å². The summed E-state index contributed by atoms with van der Waals surface area (Å²) in [6, 6.07) is 13.2. The molecule has 0 saturated heterocycles. The third kappa shape index (κ3) is 2.47. The van der Waals surface area contributed by atoms with Crippen LogP contribution in [0.1, 0.15) is 38.8 Å². The number of halogens is 2. The average molecular weight is 274 g/mol. The van der Waals surface area contributed by atoms with Gasteiger partial charge in [0.15, 0.2) is 0 Å². The van der Waals surface area contributed by atoms with Gasteiger partial charge in [-0.15, -0.1) is 0 Å². The Hall–Kier alpha value is -1.70. The van der Waals surface area contributed by atoms with Gasteiger partial charge in [-0.3, -0.25) is 0 Å². The maximum absolute atomic E-state index is 13.1. The molecule has 0 nitrogen and oxygen atoms in total. The van der Waals surface area contributed by atoms with E-state index in [2.05, 4.69) is 27.7 Å². The molecule has 0 fully saturated rings. The van der Waals surface area contributed by atoms with Gasteiger partial charge < -0.3 is 0 Å². The van der Waals surface area contributed by atoms with E-state index in [1.165, 1.54) is 24.3 Å². The number of benzene rings is 2. The van der Waals surface area contributed by atoms with Crippen LogP contribution in [0, 0.1) is 11.6 Å². The second-order valence-corrected chi connectivity index (χ2v) is 6.26. The molecule has 0 bridgehead atoms. The molecule has 0 unspecified atom stereocenters. The van der Waals surface area contributed by atoms with Crippen molar-refractivity contribution in [3.05, 3.63) is 71.3 Å². The molecule has 0 aliphatic heterocycles. The smallest absolute Gasteiger partial charge is 0.123 e. The molecule has 2 aromatic carbocycles. The Morgan fingerprint density at radius 1 is 0.550 bits per heavy atom. The molecule has 0 spiro atoms. The lowest BCUT2D eigenvalue weighted by atomic mass is 9.61. The van der Waals surface area contributed by atoms with Gasteiger partial charge in [0, 0.05) is 0 Å². The van der Waals surface area contributed by atoms with E-state index in [4.69, 9.17) is 0 Å². The molecule has 0 radical (unpaired) electrons. The first-order valence-electron chi connectivity index (χ1n) is 6.77. The van der Waals surface area contributed by atoms with Crippen LogP contribution >= 0.6 is 0 Å². The van der Waals surface area contributed by atoms with Crippen LogP contribution < -0.4 is 0 Å². The van der Waals surface area contributed by atoms with Crippen LogP contribution in [0.5, 0.6) is 0 Å². The molecule has 2 rings (SSSR count). The minimum atomic E-state index is -0.232. The fraction of sp³-hybridized carbons (Fsp3) is 0.333. The van der Waals surface area contributed by atoms with Crippen molar-refractivity contribution >= 4 is 0 Å². The quantitative estimate of drug-likeness (QED) is 0.719. The Bertz CT molecular complexity index is 522. The predicted molar refractivity (Wildman–Crippen MR) is 78.9 cm³/mol. The van der Waals surface area contributed by atoms with Gasteiger partial charge in [-0.05, 0) is 46.2 Å². The highest BCUT2D eigenvalue weighted by Crippen LogP contribution is 2.43. The third-order valence-electron chi connectivity index (χ3n) is 4.69. The lowest BCUT2D eigenvalue weighted by Crippen LogP contribution is -2.40. The second kappa shape index (κ2) is 5.01. The first-order chi connectivity index (χ1) is 9.25. The number of rotatable bonds is 3. The van der Waals surface area contributed by atoms with Crippen LogP contribution in [0.15, 0.2) is 48.5 Å². The van der Waals surface area contributed by atoms with Crippen LogP contribution in [0.25, 0.3) is 0 Å².